The summed E-state index contributed by atoms with van der Waals surface area (Å²) in [6, 6.07) is 5.32. The number of nitrogens with one attached hydrogen (secondary N) is 1. The van der Waals surface area contributed by atoms with E-state index in [1.165, 1.54) is 24.3 Å². The van der Waals surface area contributed by atoms with Gasteiger partial charge in [-0.3, -0.25) is 19.3 Å². The minimum atomic E-state index is -0.460. The highest BCUT2D eigenvalue weighted by Crippen LogP contribution is 2.52. The molecule has 2 bridgehead atoms. The van der Waals surface area contributed by atoms with Crippen molar-refractivity contribution in [2.75, 3.05) is 11.9 Å². The van der Waals surface area contributed by atoms with E-state index in [2.05, 4.69) is 5.32 Å². The SMILES string of the molecule is O=C(CN1C(=O)[C@@H]2[C@@H](C1=O)[C@H]1C=C[C@@H]2C1)Nc1ccc(F)cc1. The van der Waals surface area contributed by atoms with Crippen LogP contribution in [0.3, 0.4) is 0 Å². The van der Waals surface area contributed by atoms with Crippen molar-refractivity contribution >= 4 is 23.4 Å². The highest BCUT2D eigenvalue weighted by molar-refractivity contribution is 6.09. The van der Waals surface area contributed by atoms with Crippen LogP contribution >= 0.6 is 0 Å². The Balaban J connectivity index is 1.45. The van der Waals surface area contributed by atoms with Crippen molar-refractivity contribution in [2.24, 2.45) is 23.7 Å². The molecule has 5 nitrogen and oxygen atoms in total. The van der Waals surface area contributed by atoms with Gasteiger partial charge in [-0.25, -0.2) is 4.39 Å². The quantitative estimate of drug-likeness (QED) is 0.680. The van der Waals surface area contributed by atoms with Crippen LogP contribution in [0.15, 0.2) is 36.4 Å². The summed E-state index contributed by atoms with van der Waals surface area (Å²) in [5, 5.41) is 2.57. The van der Waals surface area contributed by atoms with Gasteiger partial charge in [0.2, 0.25) is 17.7 Å². The van der Waals surface area contributed by atoms with E-state index in [9.17, 15) is 18.8 Å². The fourth-order valence-electron chi connectivity index (χ4n) is 4.00. The highest BCUT2D eigenvalue weighted by Gasteiger charge is 2.59. The van der Waals surface area contributed by atoms with E-state index in [1.54, 1.807) is 0 Å². The number of fused-ring (bicyclic) bond motifs is 5. The summed E-state index contributed by atoms with van der Waals surface area (Å²) in [5.74, 6) is -1.68. The minimum absolute atomic E-state index is 0.131. The van der Waals surface area contributed by atoms with Crippen LogP contribution in [-0.4, -0.2) is 29.2 Å². The van der Waals surface area contributed by atoms with Crippen molar-refractivity contribution in [3.8, 4) is 0 Å². The van der Waals surface area contributed by atoms with Gasteiger partial charge in [-0.2, -0.15) is 0 Å². The van der Waals surface area contributed by atoms with Crippen LogP contribution in [0.5, 0.6) is 0 Å². The summed E-state index contributed by atoms with van der Waals surface area (Å²) in [6.07, 6.45) is 4.89. The van der Waals surface area contributed by atoms with E-state index in [4.69, 9.17) is 0 Å². The van der Waals surface area contributed by atoms with Gasteiger partial charge < -0.3 is 5.32 Å². The van der Waals surface area contributed by atoms with E-state index >= 15 is 0 Å². The normalized spacial score (nSPS) is 30.9. The van der Waals surface area contributed by atoms with E-state index in [0.29, 0.717) is 5.69 Å². The maximum Gasteiger partial charge on any atom is 0.244 e. The molecule has 3 amide bonds. The topological polar surface area (TPSA) is 66.5 Å². The lowest BCUT2D eigenvalue weighted by Crippen LogP contribution is -2.39. The molecule has 6 heteroatoms. The minimum Gasteiger partial charge on any atom is -0.325 e. The molecule has 1 aromatic rings. The van der Waals surface area contributed by atoms with Gasteiger partial charge in [0.1, 0.15) is 12.4 Å². The zero-order valence-electron chi connectivity index (χ0n) is 12.2. The van der Waals surface area contributed by atoms with Gasteiger partial charge in [0.25, 0.3) is 0 Å². The van der Waals surface area contributed by atoms with Crippen molar-refractivity contribution in [3.63, 3.8) is 0 Å². The molecule has 3 aliphatic rings. The molecule has 4 atom stereocenters. The third kappa shape index (κ3) is 2.17. The second kappa shape index (κ2) is 5.01. The first-order valence-electron chi connectivity index (χ1n) is 7.63. The molecule has 23 heavy (non-hydrogen) atoms. The number of anilines is 1. The lowest BCUT2D eigenvalue weighted by atomic mass is 9.85. The summed E-state index contributed by atoms with van der Waals surface area (Å²) in [6.45, 7) is -0.290. The lowest BCUT2D eigenvalue weighted by molar-refractivity contribution is -0.143. The number of likely N-dealkylation sites (tertiary alicyclic amines) is 1. The van der Waals surface area contributed by atoms with Crippen LogP contribution in [0, 0.1) is 29.5 Å². The number of nitrogens with zero attached hydrogens (tertiary/aromatic N) is 1. The van der Waals surface area contributed by atoms with Gasteiger partial charge in [0, 0.05) is 5.69 Å². The summed E-state index contributed by atoms with van der Waals surface area (Å²) in [5.41, 5.74) is 0.428. The van der Waals surface area contributed by atoms with E-state index < -0.39 is 11.7 Å². The first-order chi connectivity index (χ1) is 11.0. The van der Waals surface area contributed by atoms with Crippen molar-refractivity contribution < 1.29 is 18.8 Å². The molecule has 0 spiro atoms. The molecule has 1 saturated carbocycles. The lowest BCUT2D eigenvalue weighted by Gasteiger charge is -2.16. The van der Waals surface area contributed by atoms with Crippen LogP contribution in [-0.2, 0) is 14.4 Å². The second-order valence-corrected chi connectivity index (χ2v) is 6.32. The molecule has 4 rings (SSSR count). The number of imide groups is 1. The number of allylic oxidation sites excluding steroid dienone is 2. The van der Waals surface area contributed by atoms with Crippen LogP contribution in [0.4, 0.5) is 10.1 Å². The number of amides is 3. The van der Waals surface area contributed by atoms with Gasteiger partial charge in [-0.05, 0) is 42.5 Å². The Morgan fingerprint density at radius 1 is 1.09 bits per heavy atom. The average molecular weight is 314 g/mol. The highest BCUT2D eigenvalue weighted by atomic mass is 19.1. The van der Waals surface area contributed by atoms with Gasteiger partial charge >= 0.3 is 0 Å². The van der Waals surface area contributed by atoms with E-state index in [-0.39, 0.29) is 42.0 Å². The summed E-state index contributed by atoms with van der Waals surface area (Å²) in [4.78, 5) is 38.1. The van der Waals surface area contributed by atoms with Gasteiger partial charge in [0.15, 0.2) is 0 Å². The smallest absolute Gasteiger partial charge is 0.244 e. The second-order valence-electron chi connectivity index (χ2n) is 6.32. The van der Waals surface area contributed by atoms with Crippen molar-refractivity contribution in [2.45, 2.75) is 6.42 Å². The van der Waals surface area contributed by atoms with Crippen molar-refractivity contribution in [1.29, 1.82) is 0 Å². The third-order valence-corrected chi connectivity index (χ3v) is 4.99. The van der Waals surface area contributed by atoms with Gasteiger partial charge in [-0.15, -0.1) is 0 Å². The number of carbonyl (C=O) groups is 3. The Bertz CT molecular complexity index is 698. The Morgan fingerprint density at radius 3 is 2.22 bits per heavy atom. The van der Waals surface area contributed by atoms with Crippen LogP contribution in [0.25, 0.3) is 0 Å². The molecule has 2 fully saturated rings. The molecular formula is C17H15FN2O3. The Kier molecular flexibility index (Phi) is 3.07. The Labute approximate surface area is 132 Å². The molecule has 1 aromatic carbocycles. The summed E-state index contributed by atoms with van der Waals surface area (Å²) >= 11 is 0. The van der Waals surface area contributed by atoms with Crippen LogP contribution in [0.2, 0.25) is 0 Å². The van der Waals surface area contributed by atoms with E-state index in [1.807, 2.05) is 12.2 Å². The van der Waals surface area contributed by atoms with Crippen LogP contribution in [0.1, 0.15) is 6.42 Å². The molecule has 0 radical (unpaired) electrons. The molecular weight excluding hydrogens is 299 g/mol. The standard InChI is InChI=1S/C17H15FN2O3/c18-11-3-5-12(6-4-11)19-13(21)8-20-16(22)14-9-1-2-10(7-9)15(14)17(20)23/h1-6,9-10,14-15H,7-8H2,(H,19,21)/t9-,10+,14-,15-/m0/s1. The summed E-state index contributed by atoms with van der Waals surface area (Å²) < 4.78 is 12.8. The number of hydrogen-bond donors (Lipinski definition) is 1. The molecule has 2 aliphatic carbocycles. The van der Waals surface area contributed by atoms with Crippen LogP contribution < -0.4 is 5.32 Å². The number of rotatable bonds is 3. The predicted molar refractivity (Wildman–Crippen MR) is 79.5 cm³/mol. The number of carbonyl (C=O) groups excluding carboxylic acids is 3. The molecule has 1 saturated heterocycles. The number of halogens is 1. The maximum atomic E-state index is 12.8. The van der Waals surface area contributed by atoms with Gasteiger partial charge in [-0.1, -0.05) is 12.2 Å². The molecule has 1 aliphatic heterocycles. The van der Waals surface area contributed by atoms with E-state index in [0.717, 1.165) is 11.3 Å². The molecule has 0 aromatic heterocycles. The average Bonchev–Trinajstić information content (AvgIpc) is 3.19. The monoisotopic (exact) mass is 314 g/mol. The Morgan fingerprint density at radius 2 is 1.65 bits per heavy atom. The van der Waals surface area contributed by atoms with Crippen molar-refractivity contribution in [3.05, 3.63) is 42.2 Å². The Hall–Kier alpha value is -2.50. The van der Waals surface area contributed by atoms with Crippen molar-refractivity contribution in [1.82, 2.24) is 4.90 Å². The first-order valence-corrected chi connectivity index (χ1v) is 7.63. The maximum absolute atomic E-state index is 12.8. The zero-order valence-corrected chi connectivity index (χ0v) is 12.2. The fraction of sp³-hybridized carbons (Fsp3) is 0.353. The number of benzene rings is 1. The third-order valence-electron chi connectivity index (χ3n) is 4.99. The largest absolute Gasteiger partial charge is 0.325 e. The molecule has 0 unspecified atom stereocenters. The molecule has 1 heterocycles. The zero-order chi connectivity index (χ0) is 16.1. The molecule has 118 valence electrons. The fourth-order valence-corrected chi connectivity index (χ4v) is 4.00. The summed E-state index contributed by atoms with van der Waals surface area (Å²) in [7, 11) is 0. The first kappa shape index (κ1) is 14.1. The molecule has 1 N–H and O–H groups in total. The van der Waals surface area contributed by atoms with Gasteiger partial charge in [0.05, 0.1) is 11.8 Å². The number of hydrogen-bond acceptors (Lipinski definition) is 3. The predicted octanol–water partition coefficient (Wildman–Crippen LogP) is 1.57.